The van der Waals surface area contributed by atoms with E-state index in [2.05, 4.69) is 36.8 Å². The van der Waals surface area contributed by atoms with Gasteiger partial charge in [0, 0.05) is 29.8 Å². The number of carbonyl (C=O) groups is 2. The van der Waals surface area contributed by atoms with E-state index >= 15 is 0 Å². The van der Waals surface area contributed by atoms with Crippen LogP contribution in [0.1, 0.15) is 6.92 Å². The molecule has 1 heterocycles. The number of rotatable bonds is 6. The Balaban J connectivity index is 1.61. The minimum atomic E-state index is -0.197. The zero-order valence-electron chi connectivity index (χ0n) is 15.6. The average molecular weight is 476 g/mol. The van der Waals surface area contributed by atoms with Gasteiger partial charge in [0.1, 0.15) is 5.75 Å². The lowest BCUT2D eigenvalue weighted by Gasteiger charge is -2.08. The molecule has 0 spiro atoms. The van der Waals surface area contributed by atoms with Gasteiger partial charge in [-0.2, -0.15) is 0 Å². The Kier molecular flexibility index (Phi) is 6.55. The number of nitrogens with zero attached hydrogens (tertiary/aromatic N) is 3. The first-order valence-corrected chi connectivity index (χ1v) is 10.3. The van der Waals surface area contributed by atoms with Crippen LogP contribution >= 0.6 is 27.7 Å². The van der Waals surface area contributed by atoms with Gasteiger partial charge in [-0.15, -0.1) is 10.2 Å². The van der Waals surface area contributed by atoms with Crippen LogP contribution in [0.25, 0.3) is 11.4 Å². The Morgan fingerprint density at radius 2 is 1.76 bits per heavy atom. The molecule has 0 saturated heterocycles. The van der Waals surface area contributed by atoms with Crippen LogP contribution in [-0.4, -0.2) is 37.4 Å². The molecule has 0 fully saturated rings. The number of phenols is 1. The van der Waals surface area contributed by atoms with Crippen LogP contribution in [0, 0.1) is 0 Å². The van der Waals surface area contributed by atoms with Gasteiger partial charge >= 0.3 is 0 Å². The maximum atomic E-state index is 12.2. The summed E-state index contributed by atoms with van der Waals surface area (Å²) in [6.45, 7) is 1.43. The molecule has 1 aromatic heterocycles. The molecule has 0 aliphatic heterocycles. The van der Waals surface area contributed by atoms with Crippen molar-refractivity contribution in [3.8, 4) is 17.1 Å². The molecule has 0 aliphatic carbocycles. The molecule has 29 heavy (non-hydrogen) atoms. The Morgan fingerprint density at radius 1 is 1.10 bits per heavy atom. The Labute approximate surface area is 179 Å². The van der Waals surface area contributed by atoms with Gasteiger partial charge in [0.05, 0.1) is 11.3 Å². The average Bonchev–Trinajstić information content (AvgIpc) is 3.03. The molecule has 8 nitrogen and oxygen atoms in total. The number of anilines is 2. The molecular formula is C19H18BrN5O3S. The molecule has 0 aliphatic rings. The van der Waals surface area contributed by atoms with Gasteiger partial charge in [-0.3, -0.25) is 9.59 Å². The second kappa shape index (κ2) is 9.10. The topological polar surface area (TPSA) is 109 Å². The van der Waals surface area contributed by atoms with Crippen molar-refractivity contribution < 1.29 is 14.7 Å². The number of aromatic hydroxyl groups is 1. The van der Waals surface area contributed by atoms with Crippen LogP contribution in [0.3, 0.4) is 0 Å². The van der Waals surface area contributed by atoms with E-state index in [-0.39, 0.29) is 23.3 Å². The van der Waals surface area contributed by atoms with Crippen molar-refractivity contribution in [2.45, 2.75) is 12.1 Å². The lowest BCUT2D eigenvalue weighted by atomic mass is 10.2. The van der Waals surface area contributed by atoms with Crippen molar-refractivity contribution in [2.75, 3.05) is 16.4 Å². The lowest BCUT2D eigenvalue weighted by Crippen LogP contribution is -2.14. The van der Waals surface area contributed by atoms with Gasteiger partial charge in [-0.25, -0.2) is 0 Å². The molecule has 0 bridgehead atoms. The molecule has 2 aromatic carbocycles. The maximum absolute atomic E-state index is 12.2. The number of halogens is 1. The van der Waals surface area contributed by atoms with Gasteiger partial charge in [0.15, 0.2) is 11.0 Å². The smallest absolute Gasteiger partial charge is 0.234 e. The van der Waals surface area contributed by atoms with Crippen molar-refractivity contribution in [2.24, 2.45) is 7.05 Å². The first kappa shape index (κ1) is 20.9. The number of amides is 2. The van der Waals surface area contributed by atoms with Crippen LogP contribution in [0.5, 0.6) is 5.75 Å². The quantitative estimate of drug-likeness (QED) is 0.469. The monoisotopic (exact) mass is 475 g/mol. The van der Waals surface area contributed by atoms with E-state index in [1.54, 1.807) is 54.1 Å². The van der Waals surface area contributed by atoms with Crippen molar-refractivity contribution in [1.29, 1.82) is 0 Å². The van der Waals surface area contributed by atoms with Gasteiger partial charge < -0.3 is 20.3 Å². The molecular weight excluding hydrogens is 458 g/mol. The predicted molar refractivity (Wildman–Crippen MR) is 116 cm³/mol. The second-order valence-corrected chi connectivity index (χ2v) is 7.98. The Bertz CT molecular complexity index is 1050. The maximum Gasteiger partial charge on any atom is 0.234 e. The van der Waals surface area contributed by atoms with Gasteiger partial charge in [-0.05, 0) is 42.5 Å². The summed E-state index contributed by atoms with van der Waals surface area (Å²) in [4.78, 5) is 23.3. The van der Waals surface area contributed by atoms with Crippen molar-refractivity contribution in [3.05, 3.63) is 46.9 Å². The Hall–Kier alpha value is -2.85. The van der Waals surface area contributed by atoms with Crippen LogP contribution in [0.4, 0.5) is 11.4 Å². The van der Waals surface area contributed by atoms with E-state index in [0.29, 0.717) is 27.9 Å². The molecule has 3 aromatic rings. The fraction of sp³-hybridized carbons (Fsp3) is 0.158. The SMILES string of the molecule is CC(=O)Nc1ccc(NC(=O)CSc2nnc(-c3cc(Br)ccc3O)n2C)cc1. The molecule has 0 radical (unpaired) electrons. The zero-order valence-corrected chi connectivity index (χ0v) is 18.0. The number of nitrogens with one attached hydrogen (secondary N) is 2. The third kappa shape index (κ3) is 5.36. The van der Waals surface area contributed by atoms with E-state index in [0.717, 1.165) is 4.47 Å². The van der Waals surface area contributed by atoms with Crippen LogP contribution in [-0.2, 0) is 16.6 Å². The first-order valence-electron chi connectivity index (χ1n) is 8.52. The number of hydrogen-bond acceptors (Lipinski definition) is 6. The minimum absolute atomic E-state index is 0.0979. The summed E-state index contributed by atoms with van der Waals surface area (Å²) in [5.74, 6) is 0.389. The number of thioether (sulfide) groups is 1. The number of phenolic OH excluding ortho intramolecular Hbond substituents is 1. The number of benzene rings is 2. The first-order chi connectivity index (χ1) is 13.8. The molecule has 3 N–H and O–H groups in total. The van der Waals surface area contributed by atoms with E-state index in [1.807, 2.05) is 0 Å². The molecule has 0 atom stereocenters. The molecule has 10 heteroatoms. The van der Waals surface area contributed by atoms with Gasteiger partial charge in [-0.1, -0.05) is 27.7 Å². The molecule has 150 valence electrons. The van der Waals surface area contributed by atoms with Crippen LogP contribution < -0.4 is 10.6 Å². The highest BCUT2D eigenvalue weighted by molar-refractivity contribution is 9.10. The lowest BCUT2D eigenvalue weighted by molar-refractivity contribution is -0.114. The van der Waals surface area contributed by atoms with Crippen LogP contribution in [0.15, 0.2) is 52.1 Å². The molecule has 3 rings (SSSR count). The van der Waals surface area contributed by atoms with Gasteiger partial charge in [0.25, 0.3) is 0 Å². The number of aromatic nitrogens is 3. The van der Waals surface area contributed by atoms with E-state index in [9.17, 15) is 14.7 Å². The third-order valence-corrected chi connectivity index (χ3v) is 5.37. The highest BCUT2D eigenvalue weighted by Gasteiger charge is 2.16. The van der Waals surface area contributed by atoms with Crippen LogP contribution in [0.2, 0.25) is 0 Å². The van der Waals surface area contributed by atoms with Crippen molar-refractivity contribution >= 4 is 50.9 Å². The summed E-state index contributed by atoms with van der Waals surface area (Å²) in [6, 6.07) is 11.9. The third-order valence-electron chi connectivity index (χ3n) is 3.86. The fourth-order valence-corrected chi connectivity index (χ4v) is 3.60. The second-order valence-electron chi connectivity index (χ2n) is 6.12. The molecule has 0 unspecified atom stereocenters. The highest BCUT2D eigenvalue weighted by atomic mass is 79.9. The van der Waals surface area contributed by atoms with Crippen molar-refractivity contribution in [1.82, 2.24) is 14.8 Å². The summed E-state index contributed by atoms with van der Waals surface area (Å²) in [5.41, 5.74) is 1.83. The summed E-state index contributed by atoms with van der Waals surface area (Å²) < 4.78 is 2.54. The predicted octanol–water partition coefficient (Wildman–Crippen LogP) is 3.64. The molecule has 2 amide bonds. The zero-order chi connectivity index (χ0) is 21.0. The summed E-state index contributed by atoms with van der Waals surface area (Å²) in [6.07, 6.45) is 0. The summed E-state index contributed by atoms with van der Waals surface area (Å²) in [5, 5.41) is 24.3. The number of carbonyl (C=O) groups excluding carboxylic acids is 2. The van der Waals surface area contributed by atoms with E-state index in [4.69, 9.17) is 0 Å². The highest BCUT2D eigenvalue weighted by Crippen LogP contribution is 2.32. The standard InChI is InChI=1S/C19H18BrN5O3S/c1-11(26)21-13-4-6-14(7-5-13)22-17(28)10-29-19-24-23-18(25(19)2)15-9-12(20)3-8-16(15)27/h3-9,27H,10H2,1-2H3,(H,21,26)(H,22,28). The fourth-order valence-electron chi connectivity index (χ4n) is 2.53. The molecule has 0 saturated carbocycles. The largest absolute Gasteiger partial charge is 0.507 e. The van der Waals surface area contributed by atoms with E-state index in [1.165, 1.54) is 18.7 Å². The van der Waals surface area contributed by atoms with E-state index < -0.39 is 0 Å². The van der Waals surface area contributed by atoms with Crippen molar-refractivity contribution in [3.63, 3.8) is 0 Å². The Morgan fingerprint density at radius 3 is 2.41 bits per heavy atom. The van der Waals surface area contributed by atoms with Gasteiger partial charge in [0.2, 0.25) is 11.8 Å². The normalized spacial score (nSPS) is 10.6. The number of hydrogen-bond donors (Lipinski definition) is 3. The summed E-state index contributed by atoms with van der Waals surface area (Å²) >= 11 is 4.61. The summed E-state index contributed by atoms with van der Waals surface area (Å²) in [7, 11) is 1.77. The minimum Gasteiger partial charge on any atom is -0.507 e.